The van der Waals surface area contributed by atoms with Gasteiger partial charge in [-0.3, -0.25) is 9.52 Å². The topological polar surface area (TPSA) is 75.3 Å². The van der Waals surface area contributed by atoms with Gasteiger partial charge in [0, 0.05) is 22.3 Å². The molecule has 0 bridgehead atoms. The van der Waals surface area contributed by atoms with Crippen molar-refractivity contribution in [3.8, 4) is 0 Å². The van der Waals surface area contributed by atoms with Gasteiger partial charge >= 0.3 is 0 Å². The van der Waals surface area contributed by atoms with Crippen LogP contribution in [0.1, 0.15) is 10.4 Å². The first-order valence-electron chi connectivity index (χ1n) is 6.55. The zero-order valence-corrected chi connectivity index (χ0v) is 14.0. The molecule has 0 aliphatic rings. The highest BCUT2D eigenvalue weighted by Crippen LogP contribution is 2.11. The normalized spacial score (nSPS) is 11.0. The van der Waals surface area contributed by atoms with Crippen molar-refractivity contribution >= 4 is 37.5 Å². The monoisotopic (exact) mass is 382 g/mol. The molecule has 0 saturated heterocycles. The number of hydrogen-bond donors (Lipinski definition) is 2. The van der Waals surface area contributed by atoms with Gasteiger partial charge in [-0.15, -0.1) is 0 Å². The van der Waals surface area contributed by atoms with Crippen molar-refractivity contribution in [3.63, 3.8) is 0 Å². The highest BCUT2D eigenvalue weighted by atomic mass is 79.9. The Kier molecular flexibility index (Phi) is 5.57. The number of hydrogen-bond acceptors (Lipinski definition) is 3. The number of anilines is 1. The molecule has 0 radical (unpaired) electrons. The summed E-state index contributed by atoms with van der Waals surface area (Å²) in [4.78, 5) is 11.9. The second kappa shape index (κ2) is 7.42. The van der Waals surface area contributed by atoms with Gasteiger partial charge in [0.1, 0.15) is 0 Å². The van der Waals surface area contributed by atoms with Crippen LogP contribution in [0.15, 0.2) is 59.1 Å². The van der Waals surface area contributed by atoms with Gasteiger partial charge in [-0.05, 0) is 30.3 Å². The summed E-state index contributed by atoms with van der Waals surface area (Å²) in [5.41, 5.74) is 0.976. The number of para-hydroxylation sites is 1. The van der Waals surface area contributed by atoms with E-state index >= 15 is 0 Å². The molecule has 5 nitrogen and oxygen atoms in total. The minimum atomic E-state index is -3.49. The molecule has 2 N–H and O–H groups in total. The molecule has 1 amide bonds. The predicted octanol–water partition coefficient (Wildman–Crippen LogP) is 2.62. The molecular formula is C15H15BrN2O3S. The van der Waals surface area contributed by atoms with Gasteiger partial charge in [-0.25, -0.2) is 8.42 Å². The van der Waals surface area contributed by atoms with Crippen LogP contribution >= 0.6 is 15.9 Å². The fraction of sp³-hybridized carbons (Fsp3) is 0.133. The van der Waals surface area contributed by atoms with Crippen LogP contribution in [-0.4, -0.2) is 26.6 Å². The third-order valence-electron chi connectivity index (χ3n) is 2.79. The zero-order valence-electron chi connectivity index (χ0n) is 11.6. The van der Waals surface area contributed by atoms with Crippen LogP contribution in [0.2, 0.25) is 0 Å². The van der Waals surface area contributed by atoms with Crippen LogP contribution in [0.3, 0.4) is 0 Å². The van der Waals surface area contributed by atoms with Crippen molar-refractivity contribution in [2.24, 2.45) is 0 Å². The summed E-state index contributed by atoms with van der Waals surface area (Å²) in [7, 11) is -3.49. The Bertz CT molecular complexity index is 748. The zero-order chi connectivity index (χ0) is 16.0. The lowest BCUT2D eigenvalue weighted by molar-refractivity contribution is 0.0956. The molecule has 116 valence electrons. The molecule has 0 saturated carbocycles. The van der Waals surface area contributed by atoms with Crippen LogP contribution < -0.4 is 10.0 Å². The number of rotatable bonds is 6. The van der Waals surface area contributed by atoms with Crippen LogP contribution in [0.5, 0.6) is 0 Å². The maximum absolute atomic E-state index is 11.9. The lowest BCUT2D eigenvalue weighted by atomic mass is 10.2. The van der Waals surface area contributed by atoms with Crippen LogP contribution in [0.4, 0.5) is 5.69 Å². The number of sulfonamides is 1. The largest absolute Gasteiger partial charge is 0.351 e. The summed E-state index contributed by atoms with van der Waals surface area (Å²) in [5, 5.41) is 2.59. The van der Waals surface area contributed by atoms with Crippen molar-refractivity contribution in [3.05, 3.63) is 64.6 Å². The molecule has 0 aliphatic heterocycles. The van der Waals surface area contributed by atoms with Gasteiger partial charge in [0.15, 0.2) is 0 Å². The van der Waals surface area contributed by atoms with E-state index in [1.807, 2.05) is 6.07 Å². The lowest BCUT2D eigenvalue weighted by Gasteiger charge is -2.09. The average Bonchev–Trinajstić information content (AvgIpc) is 2.47. The standard InChI is InChI=1S/C15H15BrN2O3S/c16-13-6-4-5-12(11-13)15(19)17-9-10-22(20,21)18-14-7-2-1-3-8-14/h1-8,11,18H,9-10H2,(H,17,19). The van der Waals surface area contributed by atoms with Crippen molar-refractivity contribution in [1.82, 2.24) is 5.32 Å². The van der Waals surface area contributed by atoms with E-state index in [0.29, 0.717) is 11.3 Å². The van der Waals surface area contributed by atoms with E-state index in [1.54, 1.807) is 48.5 Å². The maximum atomic E-state index is 11.9. The summed E-state index contributed by atoms with van der Waals surface area (Å²) >= 11 is 3.28. The van der Waals surface area contributed by atoms with Gasteiger partial charge in [0.05, 0.1) is 5.75 Å². The molecule has 0 fully saturated rings. The first kappa shape index (κ1) is 16.5. The summed E-state index contributed by atoms with van der Waals surface area (Å²) in [6.07, 6.45) is 0. The molecule has 2 rings (SSSR count). The van der Waals surface area contributed by atoms with E-state index < -0.39 is 10.0 Å². The molecule has 0 heterocycles. The highest BCUT2D eigenvalue weighted by Gasteiger charge is 2.12. The Morgan fingerprint density at radius 1 is 1.05 bits per heavy atom. The van der Waals surface area contributed by atoms with Crippen LogP contribution in [-0.2, 0) is 10.0 Å². The summed E-state index contributed by atoms with van der Waals surface area (Å²) in [6, 6.07) is 15.5. The van der Waals surface area contributed by atoms with Gasteiger partial charge < -0.3 is 5.32 Å². The predicted molar refractivity (Wildman–Crippen MR) is 90.3 cm³/mol. The van der Waals surface area contributed by atoms with E-state index in [0.717, 1.165) is 4.47 Å². The van der Waals surface area contributed by atoms with E-state index in [4.69, 9.17) is 0 Å². The van der Waals surface area contributed by atoms with Crippen molar-refractivity contribution < 1.29 is 13.2 Å². The Morgan fingerprint density at radius 3 is 2.45 bits per heavy atom. The molecule has 0 spiro atoms. The first-order valence-corrected chi connectivity index (χ1v) is 9.00. The number of benzene rings is 2. The number of amides is 1. The molecule has 0 atom stereocenters. The highest BCUT2D eigenvalue weighted by molar-refractivity contribution is 9.10. The van der Waals surface area contributed by atoms with Gasteiger partial charge in [-0.1, -0.05) is 40.2 Å². The van der Waals surface area contributed by atoms with Crippen molar-refractivity contribution in [2.75, 3.05) is 17.0 Å². The van der Waals surface area contributed by atoms with Gasteiger partial charge in [-0.2, -0.15) is 0 Å². The van der Waals surface area contributed by atoms with Crippen molar-refractivity contribution in [1.29, 1.82) is 0 Å². The number of carbonyl (C=O) groups is 1. The molecule has 7 heteroatoms. The summed E-state index contributed by atoms with van der Waals surface area (Å²) in [5.74, 6) is -0.502. The number of carbonyl (C=O) groups excluding carboxylic acids is 1. The molecule has 0 aromatic heterocycles. The molecule has 2 aromatic carbocycles. The Hall–Kier alpha value is -1.86. The quantitative estimate of drug-likeness (QED) is 0.805. The van der Waals surface area contributed by atoms with Gasteiger partial charge in [0.2, 0.25) is 10.0 Å². The minimum absolute atomic E-state index is 0.0352. The van der Waals surface area contributed by atoms with Crippen LogP contribution in [0.25, 0.3) is 0 Å². The van der Waals surface area contributed by atoms with E-state index in [2.05, 4.69) is 26.0 Å². The Balaban J connectivity index is 1.86. The third-order valence-corrected chi connectivity index (χ3v) is 4.57. The number of halogens is 1. The third kappa shape index (κ3) is 5.16. The van der Waals surface area contributed by atoms with E-state index in [9.17, 15) is 13.2 Å². The fourth-order valence-corrected chi connectivity index (χ4v) is 3.13. The van der Waals surface area contributed by atoms with E-state index in [1.165, 1.54) is 0 Å². The van der Waals surface area contributed by atoms with Crippen molar-refractivity contribution in [2.45, 2.75) is 0 Å². The number of nitrogens with one attached hydrogen (secondary N) is 2. The van der Waals surface area contributed by atoms with E-state index in [-0.39, 0.29) is 18.2 Å². The minimum Gasteiger partial charge on any atom is -0.351 e. The molecule has 0 aliphatic carbocycles. The molecule has 2 aromatic rings. The van der Waals surface area contributed by atoms with Gasteiger partial charge in [0.25, 0.3) is 5.91 Å². The summed E-state index contributed by atoms with van der Waals surface area (Å²) < 4.78 is 27.0. The second-order valence-electron chi connectivity index (χ2n) is 4.55. The molecule has 22 heavy (non-hydrogen) atoms. The van der Waals surface area contributed by atoms with Crippen LogP contribution in [0, 0.1) is 0 Å². The second-order valence-corrected chi connectivity index (χ2v) is 7.31. The molecule has 0 unspecified atom stereocenters. The first-order chi connectivity index (χ1) is 10.5. The Morgan fingerprint density at radius 2 is 1.77 bits per heavy atom. The fourth-order valence-electron chi connectivity index (χ4n) is 1.77. The summed E-state index contributed by atoms with van der Waals surface area (Å²) in [6.45, 7) is 0.0352. The maximum Gasteiger partial charge on any atom is 0.251 e. The average molecular weight is 383 g/mol. The smallest absolute Gasteiger partial charge is 0.251 e. The Labute approximate surface area is 137 Å². The lowest BCUT2D eigenvalue weighted by Crippen LogP contribution is -2.31. The SMILES string of the molecule is O=C(NCCS(=O)(=O)Nc1ccccc1)c1cccc(Br)c1. The molecular weight excluding hydrogens is 368 g/mol.